The highest BCUT2D eigenvalue weighted by Gasteiger charge is 2.28. The lowest BCUT2D eigenvalue weighted by atomic mass is 10.1. The van der Waals surface area contributed by atoms with Gasteiger partial charge in [0.2, 0.25) is 21.8 Å². The number of nitrogens with zero attached hydrogens (tertiary/aromatic N) is 2. The number of nitrogens with one attached hydrogen (secondary N) is 1. The molecule has 0 aliphatic heterocycles. The molecule has 0 saturated heterocycles. The third-order valence-electron chi connectivity index (χ3n) is 6.10. The molecular formula is C27H39N3O4S. The third kappa shape index (κ3) is 8.09. The van der Waals surface area contributed by atoms with Crippen LogP contribution in [0, 0.1) is 20.8 Å². The molecular weight excluding hydrogens is 462 g/mol. The van der Waals surface area contributed by atoms with Crippen LogP contribution in [0.25, 0.3) is 0 Å². The van der Waals surface area contributed by atoms with Crippen molar-refractivity contribution in [3.63, 3.8) is 0 Å². The Morgan fingerprint density at radius 2 is 1.71 bits per heavy atom. The molecule has 0 unspecified atom stereocenters. The average molecular weight is 502 g/mol. The highest BCUT2D eigenvalue weighted by Crippen LogP contribution is 2.22. The number of aryl methyl sites for hydroxylation is 3. The maximum atomic E-state index is 13.4. The number of anilines is 1. The Labute approximate surface area is 210 Å². The largest absolute Gasteiger partial charge is 0.355 e. The van der Waals surface area contributed by atoms with Gasteiger partial charge >= 0.3 is 0 Å². The van der Waals surface area contributed by atoms with Crippen molar-refractivity contribution in [1.29, 1.82) is 0 Å². The molecule has 0 aromatic heterocycles. The first kappa shape index (κ1) is 28.4. The van der Waals surface area contributed by atoms with Gasteiger partial charge in [0.1, 0.15) is 6.04 Å². The molecule has 0 aliphatic carbocycles. The third-order valence-corrected chi connectivity index (χ3v) is 7.30. The molecule has 0 heterocycles. The van der Waals surface area contributed by atoms with Gasteiger partial charge in [-0.25, -0.2) is 8.42 Å². The van der Waals surface area contributed by atoms with E-state index in [-0.39, 0.29) is 24.8 Å². The standard InChI is InChI=1S/C27H39N3O4S/c1-7-25(27(32)28-8-2)29(19-23-12-9-11-20(3)17-23)26(31)13-10-16-30(35(6,33)34)24-15-14-21(4)22(5)18-24/h9,11-12,14-15,17-18,25H,7-8,10,13,16,19H2,1-6H3,(H,28,32)/t25-/m1/s1. The first-order valence-electron chi connectivity index (χ1n) is 12.2. The lowest BCUT2D eigenvalue weighted by molar-refractivity contribution is -0.141. The van der Waals surface area contributed by atoms with E-state index >= 15 is 0 Å². The van der Waals surface area contributed by atoms with E-state index in [0.29, 0.717) is 31.6 Å². The van der Waals surface area contributed by atoms with Gasteiger partial charge in [-0.2, -0.15) is 0 Å². The number of amides is 2. The zero-order valence-electron chi connectivity index (χ0n) is 21.8. The number of hydrogen-bond acceptors (Lipinski definition) is 4. The van der Waals surface area contributed by atoms with Crippen molar-refractivity contribution in [2.24, 2.45) is 0 Å². The number of carbonyl (C=O) groups is 2. The quantitative estimate of drug-likeness (QED) is 0.474. The van der Waals surface area contributed by atoms with E-state index in [2.05, 4.69) is 5.32 Å². The van der Waals surface area contributed by atoms with Crippen LogP contribution in [0.2, 0.25) is 0 Å². The van der Waals surface area contributed by atoms with E-state index in [1.807, 2.05) is 71.0 Å². The van der Waals surface area contributed by atoms with Gasteiger partial charge in [0, 0.05) is 26.1 Å². The lowest BCUT2D eigenvalue weighted by Crippen LogP contribution is -2.49. The second kappa shape index (κ2) is 12.7. The van der Waals surface area contributed by atoms with Crippen molar-refractivity contribution in [1.82, 2.24) is 10.2 Å². The Hall–Kier alpha value is -2.87. The molecule has 2 amide bonds. The van der Waals surface area contributed by atoms with Crippen LogP contribution in [-0.4, -0.2) is 50.5 Å². The van der Waals surface area contributed by atoms with Crippen LogP contribution in [0.3, 0.4) is 0 Å². The predicted molar refractivity (Wildman–Crippen MR) is 142 cm³/mol. The highest BCUT2D eigenvalue weighted by molar-refractivity contribution is 7.92. The molecule has 1 N–H and O–H groups in total. The summed E-state index contributed by atoms with van der Waals surface area (Å²) < 4.78 is 26.4. The Bertz CT molecular complexity index is 1130. The molecule has 2 rings (SSSR count). The van der Waals surface area contributed by atoms with Crippen LogP contribution in [-0.2, 0) is 26.2 Å². The van der Waals surface area contributed by atoms with Crippen LogP contribution < -0.4 is 9.62 Å². The van der Waals surface area contributed by atoms with E-state index in [1.165, 1.54) is 10.6 Å². The molecule has 0 fully saturated rings. The number of sulfonamides is 1. The van der Waals surface area contributed by atoms with Crippen LogP contribution in [0.4, 0.5) is 5.69 Å². The zero-order chi connectivity index (χ0) is 26.2. The molecule has 0 bridgehead atoms. The normalized spacial score (nSPS) is 12.2. The number of rotatable bonds is 12. The van der Waals surface area contributed by atoms with E-state index in [1.54, 1.807) is 11.0 Å². The van der Waals surface area contributed by atoms with Gasteiger partial charge in [0.25, 0.3) is 0 Å². The van der Waals surface area contributed by atoms with Crippen molar-refractivity contribution in [2.45, 2.75) is 66.5 Å². The van der Waals surface area contributed by atoms with Crippen molar-refractivity contribution in [3.05, 3.63) is 64.7 Å². The van der Waals surface area contributed by atoms with Crippen molar-refractivity contribution < 1.29 is 18.0 Å². The van der Waals surface area contributed by atoms with Crippen LogP contribution in [0.15, 0.2) is 42.5 Å². The summed E-state index contributed by atoms with van der Waals surface area (Å²) in [6, 6.07) is 12.8. The highest BCUT2D eigenvalue weighted by atomic mass is 32.2. The van der Waals surface area contributed by atoms with E-state index in [9.17, 15) is 18.0 Å². The molecule has 0 saturated carbocycles. The minimum atomic E-state index is -3.52. The fraction of sp³-hybridized carbons (Fsp3) is 0.481. The van der Waals surface area contributed by atoms with Gasteiger partial charge in [-0.3, -0.25) is 13.9 Å². The summed E-state index contributed by atoms with van der Waals surface area (Å²) in [5.41, 5.74) is 4.71. The van der Waals surface area contributed by atoms with E-state index in [0.717, 1.165) is 22.3 Å². The smallest absolute Gasteiger partial charge is 0.242 e. The Morgan fingerprint density at radius 3 is 2.29 bits per heavy atom. The molecule has 1 atom stereocenters. The minimum absolute atomic E-state index is 0.137. The number of hydrogen-bond donors (Lipinski definition) is 1. The summed E-state index contributed by atoms with van der Waals surface area (Å²) in [6.45, 7) is 10.6. The number of carbonyl (C=O) groups excluding carboxylic acids is 2. The Morgan fingerprint density at radius 1 is 1.00 bits per heavy atom. The lowest BCUT2D eigenvalue weighted by Gasteiger charge is -2.31. The fourth-order valence-corrected chi connectivity index (χ4v) is 5.06. The minimum Gasteiger partial charge on any atom is -0.355 e. The summed E-state index contributed by atoms with van der Waals surface area (Å²) in [7, 11) is -3.52. The summed E-state index contributed by atoms with van der Waals surface area (Å²) in [6.07, 6.45) is 2.14. The maximum absolute atomic E-state index is 13.4. The van der Waals surface area contributed by atoms with Gasteiger partial charge in [-0.05, 0) is 69.4 Å². The van der Waals surface area contributed by atoms with Crippen molar-refractivity contribution >= 4 is 27.5 Å². The van der Waals surface area contributed by atoms with Gasteiger partial charge in [0.15, 0.2) is 0 Å². The second-order valence-electron chi connectivity index (χ2n) is 9.04. The molecule has 192 valence electrons. The van der Waals surface area contributed by atoms with E-state index in [4.69, 9.17) is 0 Å². The average Bonchev–Trinajstić information content (AvgIpc) is 2.78. The molecule has 2 aromatic carbocycles. The summed E-state index contributed by atoms with van der Waals surface area (Å²) in [4.78, 5) is 27.8. The monoisotopic (exact) mass is 501 g/mol. The van der Waals surface area contributed by atoms with Crippen molar-refractivity contribution in [2.75, 3.05) is 23.7 Å². The van der Waals surface area contributed by atoms with Gasteiger partial charge in [0.05, 0.1) is 11.9 Å². The predicted octanol–water partition coefficient (Wildman–Crippen LogP) is 4.10. The first-order chi connectivity index (χ1) is 16.5. The Kier molecular flexibility index (Phi) is 10.3. The molecule has 0 spiro atoms. The van der Waals surface area contributed by atoms with Crippen molar-refractivity contribution in [3.8, 4) is 0 Å². The van der Waals surface area contributed by atoms with Gasteiger partial charge in [-0.15, -0.1) is 0 Å². The summed E-state index contributed by atoms with van der Waals surface area (Å²) in [5, 5.41) is 2.83. The summed E-state index contributed by atoms with van der Waals surface area (Å²) >= 11 is 0. The Balaban J connectivity index is 2.22. The fourth-order valence-electron chi connectivity index (χ4n) is 4.10. The second-order valence-corrected chi connectivity index (χ2v) is 10.9. The molecule has 35 heavy (non-hydrogen) atoms. The SMILES string of the molecule is CCNC(=O)[C@@H](CC)N(Cc1cccc(C)c1)C(=O)CCCN(c1ccc(C)c(C)c1)S(C)(=O)=O. The first-order valence-corrected chi connectivity index (χ1v) is 14.0. The zero-order valence-corrected chi connectivity index (χ0v) is 22.6. The van der Waals surface area contributed by atoms with Gasteiger partial charge < -0.3 is 10.2 Å². The van der Waals surface area contributed by atoms with Crippen LogP contribution in [0.1, 0.15) is 55.4 Å². The number of likely N-dealkylation sites (N-methyl/N-ethyl adjacent to an activating group) is 1. The van der Waals surface area contributed by atoms with Crippen LogP contribution in [0.5, 0.6) is 0 Å². The van der Waals surface area contributed by atoms with Crippen LogP contribution >= 0.6 is 0 Å². The van der Waals surface area contributed by atoms with E-state index < -0.39 is 16.1 Å². The van der Waals surface area contributed by atoms with Gasteiger partial charge in [-0.1, -0.05) is 42.8 Å². The molecule has 8 heteroatoms. The molecule has 0 aliphatic rings. The summed E-state index contributed by atoms with van der Waals surface area (Å²) in [5.74, 6) is -0.345. The maximum Gasteiger partial charge on any atom is 0.242 e. The molecule has 0 radical (unpaired) electrons. The topological polar surface area (TPSA) is 86.8 Å². The molecule has 7 nitrogen and oxygen atoms in total. The number of benzene rings is 2. The molecule has 2 aromatic rings.